The van der Waals surface area contributed by atoms with Gasteiger partial charge in [-0.25, -0.2) is 9.18 Å². The van der Waals surface area contributed by atoms with E-state index in [-0.39, 0.29) is 64.2 Å². The second kappa shape index (κ2) is 15.8. The highest BCUT2D eigenvalue weighted by molar-refractivity contribution is 6.43. The Bertz CT molecular complexity index is 1500. The third-order valence-corrected chi connectivity index (χ3v) is 8.56. The van der Waals surface area contributed by atoms with Gasteiger partial charge in [0.25, 0.3) is 0 Å². The average Bonchev–Trinajstić information content (AvgIpc) is 3.00. The molecule has 0 bridgehead atoms. The number of benzene rings is 3. The summed E-state index contributed by atoms with van der Waals surface area (Å²) < 4.78 is 31.9. The summed E-state index contributed by atoms with van der Waals surface area (Å²) in [7, 11) is 1.53. The molecule has 0 aliphatic heterocycles. The molecule has 0 spiro atoms. The third kappa shape index (κ3) is 9.34. The summed E-state index contributed by atoms with van der Waals surface area (Å²) in [6.45, 7) is 6.56. The minimum Gasteiger partial charge on any atom is -0.488 e. The molecule has 1 fully saturated rings. The zero-order chi connectivity index (χ0) is 32.6. The number of nitrogens with zero attached hydrogens (tertiary/aromatic N) is 1. The van der Waals surface area contributed by atoms with Gasteiger partial charge in [-0.2, -0.15) is 5.26 Å². The van der Waals surface area contributed by atoms with Crippen LogP contribution in [0.2, 0.25) is 10.0 Å². The van der Waals surface area contributed by atoms with Crippen molar-refractivity contribution in [3.8, 4) is 22.9 Å². The summed E-state index contributed by atoms with van der Waals surface area (Å²) in [5.74, 6) is -0.838. The van der Waals surface area contributed by atoms with Crippen LogP contribution in [0.25, 0.3) is 11.1 Å². The number of hydrogen-bond donors (Lipinski definition) is 2. The Morgan fingerprint density at radius 1 is 1.02 bits per heavy atom. The summed E-state index contributed by atoms with van der Waals surface area (Å²) in [6.07, 6.45) is 3.07. The van der Waals surface area contributed by atoms with Crippen molar-refractivity contribution >= 4 is 29.3 Å². The molecule has 1 saturated carbocycles. The lowest BCUT2D eigenvalue weighted by molar-refractivity contribution is 0.0489. The Morgan fingerprint density at radius 2 is 1.71 bits per heavy atom. The normalized spacial score (nSPS) is 17.3. The number of alkyl carbamates (subject to hydrolysis) is 1. The lowest BCUT2D eigenvalue weighted by atomic mass is 9.87. The van der Waals surface area contributed by atoms with Gasteiger partial charge in [0.2, 0.25) is 0 Å². The number of carbonyl (C=O) groups excluding carboxylic acids is 1. The first-order valence-corrected chi connectivity index (χ1v) is 15.9. The Morgan fingerprint density at radius 3 is 2.36 bits per heavy atom. The first kappa shape index (κ1) is 34.5. The summed E-state index contributed by atoms with van der Waals surface area (Å²) in [4.78, 5) is 12.2. The van der Waals surface area contributed by atoms with Gasteiger partial charge in [0.15, 0.2) is 11.6 Å². The molecule has 0 radical (unpaired) electrons. The van der Waals surface area contributed by atoms with Crippen LogP contribution in [0.1, 0.15) is 69.1 Å². The van der Waals surface area contributed by atoms with E-state index < -0.39 is 11.4 Å². The molecular formula is C35H40Cl2FN3O4. The highest BCUT2D eigenvalue weighted by Crippen LogP contribution is 2.42. The number of amides is 1. The minimum absolute atomic E-state index is 0.00307. The SMILES string of the molecule is COCCOc1ccc(C#N)c(-c2cc(C(CNC3CCC(NC(=O)OC(C)(C)C)CC3)c3ccccc3)cc(Cl)c2Cl)c1F. The van der Waals surface area contributed by atoms with Gasteiger partial charge < -0.3 is 24.8 Å². The molecule has 1 aliphatic carbocycles. The lowest BCUT2D eigenvalue weighted by Gasteiger charge is -2.32. The van der Waals surface area contributed by atoms with Crippen LogP contribution < -0.4 is 15.4 Å². The van der Waals surface area contributed by atoms with Crippen molar-refractivity contribution in [1.29, 1.82) is 5.26 Å². The molecule has 1 aliphatic rings. The molecule has 1 atom stereocenters. The number of halogens is 3. The van der Waals surface area contributed by atoms with Gasteiger partial charge in [-0.15, -0.1) is 0 Å². The third-order valence-electron chi connectivity index (χ3n) is 7.75. The van der Waals surface area contributed by atoms with Crippen molar-refractivity contribution in [2.45, 2.75) is 70.1 Å². The topological polar surface area (TPSA) is 92.6 Å². The molecule has 1 unspecified atom stereocenters. The molecule has 3 aromatic carbocycles. The highest BCUT2D eigenvalue weighted by Gasteiger charge is 2.27. The van der Waals surface area contributed by atoms with E-state index in [1.807, 2.05) is 57.2 Å². The van der Waals surface area contributed by atoms with E-state index in [2.05, 4.69) is 16.7 Å². The molecule has 7 nitrogen and oxygen atoms in total. The quantitative estimate of drug-likeness (QED) is 0.202. The van der Waals surface area contributed by atoms with Gasteiger partial charge in [-0.05, 0) is 81.8 Å². The predicted octanol–water partition coefficient (Wildman–Crippen LogP) is 8.25. The van der Waals surface area contributed by atoms with Crippen LogP contribution in [-0.2, 0) is 9.47 Å². The van der Waals surface area contributed by atoms with Crippen molar-refractivity contribution in [2.75, 3.05) is 26.9 Å². The average molecular weight is 657 g/mol. The first-order chi connectivity index (χ1) is 21.5. The number of rotatable bonds is 11. The van der Waals surface area contributed by atoms with Gasteiger partial charge in [-0.3, -0.25) is 0 Å². The van der Waals surface area contributed by atoms with Gasteiger partial charge in [-0.1, -0.05) is 53.5 Å². The van der Waals surface area contributed by atoms with Crippen LogP contribution in [-0.4, -0.2) is 50.6 Å². The van der Waals surface area contributed by atoms with Crippen LogP contribution in [0.4, 0.5) is 9.18 Å². The Kier molecular flexibility index (Phi) is 12.1. The standard InChI is InChI=1S/C35H40Cl2FN3O4/c1-35(2,3)45-34(42)41-26-13-11-25(12-14-26)40-21-28(22-8-6-5-7-9-22)24-18-27(32(37)29(36)19-24)31-23(20-39)10-15-30(33(31)38)44-17-16-43-4/h5-10,15,18-19,25-26,28,40H,11-14,16-17,21H2,1-4H3,(H,41,42). The maximum absolute atomic E-state index is 15.9. The number of nitrogens with one attached hydrogen (secondary N) is 2. The molecule has 1 amide bonds. The predicted molar refractivity (Wildman–Crippen MR) is 176 cm³/mol. The van der Waals surface area contributed by atoms with Gasteiger partial charge in [0.1, 0.15) is 12.2 Å². The molecule has 0 aromatic heterocycles. The molecule has 3 aromatic rings. The van der Waals surface area contributed by atoms with Crippen molar-refractivity contribution in [1.82, 2.24) is 10.6 Å². The molecular weight excluding hydrogens is 616 g/mol. The van der Waals surface area contributed by atoms with E-state index in [4.69, 9.17) is 37.4 Å². The van der Waals surface area contributed by atoms with Crippen LogP contribution in [0.5, 0.6) is 5.75 Å². The molecule has 0 heterocycles. The number of nitriles is 1. The fourth-order valence-corrected chi connectivity index (χ4v) is 6.00. The zero-order valence-electron chi connectivity index (χ0n) is 26.1. The van der Waals surface area contributed by atoms with Crippen LogP contribution in [0, 0.1) is 17.1 Å². The zero-order valence-corrected chi connectivity index (χ0v) is 27.6. The largest absolute Gasteiger partial charge is 0.488 e. The molecule has 0 saturated heterocycles. The Hall–Kier alpha value is -3.35. The van der Waals surface area contributed by atoms with E-state index in [1.54, 1.807) is 6.07 Å². The van der Waals surface area contributed by atoms with Crippen molar-refractivity contribution in [2.24, 2.45) is 0 Å². The second-order valence-corrected chi connectivity index (χ2v) is 13.0. The number of methoxy groups -OCH3 is 1. The Balaban J connectivity index is 1.58. The summed E-state index contributed by atoms with van der Waals surface area (Å²) >= 11 is 13.4. The molecule has 4 rings (SSSR count). The number of carbonyl (C=O) groups is 1. The van der Waals surface area contributed by atoms with Crippen LogP contribution in [0.15, 0.2) is 54.6 Å². The minimum atomic E-state index is -0.689. The van der Waals surface area contributed by atoms with Crippen molar-refractivity contribution in [3.05, 3.63) is 87.2 Å². The molecule has 45 heavy (non-hydrogen) atoms. The summed E-state index contributed by atoms with van der Waals surface area (Å²) in [6, 6.07) is 19.0. The number of hydrogen-bond acceptors (Lipinski definition) is 6. The molecule has 2 N–H and O–H groups in total. The van der Waals surface area contributed by atoms with Gasteiger partial charge in [0, 0.05) is 42.8 Å². The summed E-state index contributed by atoms with van der Waals surface area (Å²) in [5.41, 5.74) is 1.81. The number of ether oxygens (including phenoxy) is 3. The van der Waals surface area contributed by atoms with E-state index >= 15 is 4.39 Å². The summed E-state index contributed by atoms with van der Waals surface area (Å²) in [5, 5.41) is 17.0. The van der Waals surface area contributed by atoms with E-state index in [9.17, 15) is 10.1 Å². The lowest BCUT2D eigenvalue weighted by Crippen LogP contribution is -2.44. The van der Waals surface area contributed by atoms with E-state index in [0.29, 0.717) is 12.1 Å². The fraction of sp³-hybridized carbons (Fsp3) is 0.429. The van der Waals surface area contributed by atoms with Crippen molar-refractivity contribution < 1.29 is 23.4 Å². The molecule has 240 valence electrons. The maximum Gasteiger partial charge on any atom is 0.407 e. The van der Waals surface area contributed by atoms with Crippen LogP contribution >= 0.6 is 23.2 Å². The first-order valence-electron chi connectivity index (χ1n) is 15.1. The smallest absolute Gasteiger partial charge is 0.407 e. The molecule has 10 heteroatoms. The second-order valence-electron chi connectivity index (χ2n) is 12.2. The van der Waals surface area contributed by atoms with Gasteiger partial charge in [0.05, 0.1) is 28.3 Å². The fourth-order valence-electron chi connectivity index (χ4n) is 5.57. The monoisotopic (exact) mass is 655 g/mol. The van der Waals surface area contributed by atoms with Crippen molar-refractivity contribution in [3.63, 3.8) is 0 Å². The van der Waals surface area contributed by atoms with Gasteiger partial charge >= 0.3 is 6.09 Å². The van der Waals surface area contributed by atoms with Crippen LogP contribution in [0.3, 0.4) is 0 Å². The maximum atomic E-state index is 15.9. The highest BCUT2D eigenvalue weighted by atomic mass is 35.5. The van der Waals surface area contributed by atoms with E-state index in [1.165, 1.54) is 19.2 Å². The van der Waals surface area contributed by atoms with E-state index in [0.717, 1.165) is 36.8 Å². The Labute approximate surface area is 275 Å².